The molecule has 1 nitrogen and oxygen atoms in total. The second-order valence-electron chi connectivity index (χ2n) is 10.4. The Hall–Kier alpha value is -1.76. The lowest BCUT2D eigenvalue weighted by Crippen LogP contribution is -2.20. The second kappa shape index (κ2) is 13.1. The zero-order chi connectivity index (χ0) is 22.8. The Morgan fingerprint density at radius 2 is 1.34 bits per heavy atom. The topological polar surface area (TPSA) is 3.24 Å². The fourth-order valence-electron chi connectivity index (χ4n) is 5.79. The predicted octanol–water partition coefficient (Wildman–Crippen LogP) is 8.69. The van der Waals surface area contributed by atoms with Crippen LogP contribution in [0.4, 0.5) is 5.69 Å². The summed E-state index contributed by atoms with van der Waals surface area (Å²) < 4.78 is 0. The van der Waals surface area contributed by atoms with E-state index in [1.54, 1.807) is 25.7 Å². The van der Waals surface area contributed by atoms with E-state index in [4.69, 9.17) is 0 Å². The van der Waals surface area contributed by atoms with Crippen LogP contribution in [0.25, 0.3) is 0 Å². The highest BCUT2D eigenvalue weighted by Crippen LogP contribution is 2.37. The van der Waals surface area contributed by atoms with Crippen LogP contribution >= 0.6 is 0 Å². The third-order valence-corrected chi connectivity index (χ3v) is 7.83. The van der Waals surface area contributed by atoms with Gasteiger partial charge in [-0.15, -0.1) is 0 Å². The summed E-state index contributed by atoms with van der Waals surface area (Å²) in [6, 6.07) is 15.3. The van der Waals surface area contributed by atoms with E-state index >= 15 is 0 Å². The lowest BCUT2D eigenvalue weighted by atomic mass is 9.73. The minimum absolute atomic E-state index is 1.14. The van der Waals surface area contributed by atoms with Crippen LogP contribution in [0.5, 0.6) is 0 Å². The molecule has 0 spiro atoms. The van der Waals surface area contributed by atoms with Gasteiger partial charge >= 0.3 is 0 Å². The van der Waals surface area contributed by atoms with Crippen molar-refractivity contribution in [3.8, 4) is 0 Å². The molecule has 2 fully saturated rings. The SMILES string of the molecule is C1CCC(C2CCCCC2)CC1.CCc1cccc(C)c1.Cc1ccc2c(c1)N(C)CC2. The van der Waals surface area contributed by atoms with Crippen molar-refractivity contribution in [3.05, 3.63) is 64.7 Å². The molecule has 1 heteroatoms. The van der Waals surface area contributed by atoms with Crippen LogP contribution in [-0.2, 0) is 12.8 Å². The summed E-state index contributed by atoms with van der Waals surface area (Å²) in [4.78, 5) is 2.32. The van der Waals surface area contributed by atoms with Crippen molar-refractivity contribution in [1.82, 2.24) is 0 Å². The monoisotopic (exact) mass is 433 g/mol. The first-order valence-electron chi connectivity index (χ1n) is 13.4. The van der Waals surface area contributed by atoms with Crippen molar-refractivity contribution in [2.75, 3.05) is 18.5 Å². The summed E-state index contributed by atoms with van der Waals surface area (Å²) in [5.41, 5.74) is 7.06. The number of fused-ring (bicyclic) bond motifs is 1. The van der Waals surface area contributed by atoms with Crippen LogP contribution in [0, 0.1) is 25.7 Å². The largest absolute Gasteiger partial charge is 0.374 e. The highest BCUT2D eigenvalue weighted by molar-refractivity contribution is 5.58. The maximum Gasteiger partial charge on any atom is 0.0399 e. The highest BCUT2D eigenvalue weighted by Gasteiger charge is 2.24. The zero-order valence-electron chi connectivity index (χ0n) is 21.3. The molecule has 5 rings (SSSR count). The maximum atomic E-state index is 2.32. The Morgan fingerprint density at radius 3 is 1.88 bits per heavy atom. The molecule has 0 radical (unpaired) electrons. The van der Waals surface area contributed by atoms with Crippen molar-refractivity contribution < 1.29 is 0 Å². The number of nitrogens with zero attached hydrogens (tertiary/aromatic N) is 1. The van der Waals surface area contributed by atoms with Crippen molar-refractivity contribution in [2.45, 2.75) is 97.8 Å². The molecule has 2 saturated carbocycles. The number of anilines is 1. The van der Waals surface area contributed by atoms with E-state index in [9.17, 15) is 0 Å². The van der Waals surface area contributed by atoms with Gasteiger partial charge in [0, 0.05) is 19.3 Å². The summed E-state index contributed by atoms with van der Waals surface area (Å²) in [5, 5.41) is 0. The number of aryl methyl sites for hydroxylation is 3. The smallest absolute Gasteiger partial charge is 0.0399 e. The van der Waals surface area contributed by atoms with Crippen molar-refractivity contribution in [1.29, 1.82) is 0 Å². The normalized spacial score (nSPS) is 18.8. The number of likely N-dealkylation sites (N-methyl/N-ethyl adjacent to an activating group) is 1. The Morgan fingerprint density at radius 1 is 0.750 bits per heavy atom. The zero-order valence-corrected chi connectivity index (χ0v) is 21.3. The Balaban J connectivity index is 0.000000137. The Kier molecular flexibility index (Phi) is 10.2. The Bertz CT molecular complexity index is 780. The van der Waals surface area contributed by atoms with Crippen LogP contribution in [0.3, 0.4) is 0 Å². The molecule has 0 saturated heterocycles. The van der Waals surface area contributed by atoms with Crippen LogP contribution in [-0.4, -0.2) is 13.6 Å². The predicted molar refractivity (Wildman–Crippen MR) is 142 cm³/mol. The molecule has 2 aromatic rings. The van der Waals surface area contributed by atoms with E-state index in [-0.39, 0.29) is 0 Å². The minimum Gasteiger partial charge on any atom is -0.374 e. The highest BCUT2D eigenvalue weighted by atomic mass is 15.1. The maximum absolute atomic E-state index is 2.32. The summed E-state index contributed by atoms with van der Waals surface area (Å²) in [5.74, 6) is 2.28. The molecule has 0 N–H and O–H groups in total. The van der Waals surface area contributed by atoms with Gasteiger partial charge in [-0.1, -0.05) is 113 Å². The van der Waals surface area contributed by atoms with Crippen LogP contribution < -0.4 is 4.90 Å². The molecule has 3 aliphatic rings. The average Bonchev–Trinajstić information content (AvgIpc) is 3.21. The fraction of sp³-hybridized carbons (Fsp3) is 0.613. The second-order valence-corrected chi connectivity index (χ2v) is 10.4. The molecule has 0 aromatic heterocycles. The first-order chi connectivity index (χ1) is 15.6. The first-order valence-corrected chi connectivity index (χ1v) is 13.4. The van der Waals surface area contributed by atoms with Gasteiger partial charge in [-0.05, 0) is 61.3 Å². The van der Waals surface area contributed by atoms with Gasteiger partial charge < -0.3 is 4.90 Å². The van der Waals surface area contributed by atoms with Gasteiger partial charge in [0.2, 0.25) is 0 Å². The molecule has 0 unspecified atom stereocenters. The molecule has 0 amide bonds. The van der Waals surface area contributed by atoms with E-state index in [1.165, 1.54) is 79.4 Å². The lowest BCUT2D eigenvalue weighted by Gasteiger charge is -2.32. The van der Waals surface area contributed by atoms with E-state index in [0.717, 1.165) is 18.3 Å². The quantitative estimate of drug-likeness (QED) is 0.458. The summed E-state index contributed by atoms with van der Waals surface area (Å²) in [7, 11) is 2.16. The van der Waals surface area contributed by atoms with E-state index in [0.29, 0.717) is 0 Å². The third kappa shape index (κ3) is 7.68. The van der Waals surface area contributed by atoms with Crippen LogP contribution in [0.1, 0.15) is 93.4 Å². The molecular weight excluding hydrogens is 386 g/mol. The van der Waals surface area contributed by atoms with Gasteiger partial charge in [0.15, 0.2) is 0 Å². The van der Waals surface area contributed by atoms with Gasteiger partial charge in [0.1, 0.15) is 0 Å². The van der Waals surface area contributed by atoms with Crippen molar-refractivity contribution in [2.24, 2.45) is 11.8 Å². The molecule has 0 bridgehead atoms. The summed E-state index contributed by atoms with van der Waals surface area (Å²) in [6.45, 7) is 7.62. The molecule has 0 atom stereocenters. The van der Waals surface area contributed by atoms with Gasteiger partial charge in [0.05, 0.1) is 0 Å². The fourth-order valence-corrected chi connectivity index (χ4v) is 5.79. The standard InChI is InChI=1S/C12H22.C10H13N.C9H12/c1-3-7-11(8-4-1)12-9-5-2-6-10-12;1-8-3-4-9-5-6-11(2)10(9)7-8;1-3-9-6-4-5-8(2)7-9/h11-12H,1-10H2;3-4,7H,5-6H2,1-2H3;4-7H,3H2,1-2H3. The number of hydrogen-bond donors (Lipinski definition) is 0. The molecule has 32 heavy (non-hydrogen) atoms. The van der Waals surface area contributed by atoms with Gasteiger partial charge in [-0.2, -0.15) is 0 Å². The van der Waals surface area contributed by atoms with Gasteiger partial charge in [-0.25, -0.2) is 0 Å². The molecule has 1 heterocycles. The lowest BCUT2D eigenvalue weighted by molar-refractivity contribution is 0.196. The van der Waals surface area contributed by atoms with Crippen molar-refractivity contribution >= 4 is 5.69 Å². The molecule has 176 valence electrons. The minimum atomic E-state index is 1.14. The van der Waals surface area contributed by atoms with Crippen molar-refractivity contribution in [3.63, 3.8) is 0 Å². The first kappa shape index (κ1) is 24.9. The number of hydrogen-bond acceptors (Lipinski definition) is 1. The third-order valence-electron chi connectivity index (χ3n) is 7.83. The number of benzene rings is 2. The van der Waals surface area contributed by atoms with Gasteiger partial charge in [0.25, 0.3) is 0 Å². The molecule has 2 aromatic carbocycles. The van der Waals surface area contributed by atoms with E-state index in [1.807, 2.05) is 0 Å². The molecule has 1 aliphatic heterocycles. The summed E-state index contributed by atoms with van der Waals surface area (Å²) in [6.07, 6.45) is 17.7. The average molecular weight is 434 g/mol. The van der Waals surface area contributed by atoms with E-state index in [2.05, 4.69) is 75.2 Å². The Labute approximate surface area is 198 Å². The molecular formula is C31H47N. The van der Waals surface area contributed by atoms with Crippen LogP contribution in [0.2, 0.25) is 0 Å². The van der Waals surface area contributed by atoms with E-state index < -0.39 is 0 Å². The molecule has 2 aliphatic carbocycles. The van der Waals surface area contributed by atoms with Crippen LogP contribution in [0.15, 0.2) is 42.5 Å². The summed E-state index contributed by atoms with van der Waals surface area (Å²) >= 11 is 0. The number of rotatable bonds is 2. The van der Waals surface area contributed by atoms with Gasteiger partial charge in [-0.3, -0.25) is 0 Å².